The highest BCUT2D eigenvalue weighted by Crippen LogP contribution is 2.07. The van der Waals surface area contributed by atoms with Gasteiger partial charge in [-0.1, -0.05) is 18.2 Å². The van der Waals surface area contributed by atoms with Crippen LogP contribution in [0.5, 0.6) is 0 Å². The summed E-state index contributed by atoms with van der Waals surface area (Å²) in [4.78, 5) is 13.2. The SMILES string of the molecule is C/C=C/C=CC(=O)N1CC[C@@H](N)C1. The first kappa shape index (κ1) is 9.99. The maximum atomic E-state index is 11.4. The minimum Gasteiger partial charge on any atom is -0.338 e. The summed E-state index contributed by atoms with van der Waals surface area (Å²) in [6.07, 6.45) is 7.99. The quantitative estimate of drug-likeness (QED) is 0.501. The Bertz CT molecular complexity index is 233. The molecule has 2 N–H and O–H groups in total. The first-order valence-corrected chi connectivity index (χ1v) is 4.58. The molecule has 1 rings (SSSR count). The highest BCUT2D eigenvalue weighted by atomic mass is 16.2. The van der Waals surface area contributed by atoms with Crippen LogP contribution in [0.3, 0.4) is 0 Å². The summed E-state index contributed by atoms with van der Waals surface area (Å²) in [7, 11) is 0. The fourth-order valence-electron chi connectivity index (χ4n) is 1.34. The maximum Gasteiger partial charge on any atom is 0.246 e. The lowest BCUT2D eigenvalue weighted by atomic mass is 10.3. The van der Waals surface area contributed by atoms with Crippen LogP contribution in [0.1, 0.15) is 13.3 Å². The Morgan fingerprint density at radius 1 is 1.54 bits per heavy atom. The number of nitrogens with two attached hydrogens (primary N) is 1. The van der Waals surface area contributed by atoms with Gasteiger partial charge in [0.15, 0.2) is 0 Å². The first-order valence-electron chi connectivity index (χ1n) is 4.58. The van der Waals surface area contributed by atoms with E-state index in [0.717, 1.165) is 13.0 Å². The van der Waals surface area contributed by atoms with E-state index in [1.165, 1.54) is 0 Å². The molecule has 1 saturated heterocycles. The molecule has 0 bridgehead atoms. The van der Waals surface area contributed by atoms with E-state index in [0.29, 0.717) is 6.54 Å². The van der Waals surface area contributed by atoms with Gasteiger partial charge in [0.2, 0.25) is 5.91 Å². The van der Waals surface area contributed by atoms with E-state index in [1.807, 2.05) is 19.1 Å². The van der Waals surface area contributed by atoms with E-state index in [4.69, 9.17) is 5.73 Å². The van der Waals surface area contributed by atoms with Gasteiger partial charge >= 0.3 is 0 Å². The second-order valence-electron chi connectivity index (χ2n) is 3.22. The Hall–Kier alpha value is -1.09. The summed E-state index contributed by atoms with van der Waals surface area (Å²) >= 11 is 0. The fraction of sp³-hybridized carbons (Fsp3) is 0.500. The Balaban J connectivity index is 2.40. The van der Waals surface area contributed by atoms with Crippen molar-refractivity contribution in [1.82, 2.24) is 4.90 Å². The van der Waals surface area contributed by atoms with Gasteiger partial charge in [-0.3, -0.25) is 4.79 Å². The minimum atomic E-state index is 0.0612. The zero-order valence-electron chi connectivity index (χ0n) is 7.94. The zero-order chi connectivity index (χ0) is 9.68. The van der Waals surface area contributed by atoms with Gasteiger partial charge in [-0.2, -0.15) is 0 Å². The molecule has 0 unspecified atom stereocenters. The number of rotatable bonds is 2. The van der Waals surface area contributed by atoms with Crippen molar-refractivity contribution < 1.29 is 4.79 Å². The van der Waals surface area contributed by atoms with Crippen LogP contribution in [0.4, 0.5) is 0 Å². The van der Waals surface area contributed by atoms with Crippen LogP contribution < -0.4 is 5.73 Å². The molecular weight excluding hydrogens is 164 g/mol. The van der Waals surface area contributed by atoms with E-state index in [-0.39, 0.29) is 11.9 Å². The summed E-state index contributed by atoms with van der Waals surface area (Å²) < 4.78 is 0. The van der Waals surface area contributed by atoms with E-state index in [2.05, 4.69) is 0 Å². The topological polar surface area (TPSA) is 46.3 Å². The second kappa shape index (κ2) is 4.82. The maximum absolute atomic E-state index is 11.4. The molecular formula is C10H16N2O. The third-order valence-electron chi connectivity index (χ3n) is 2.08. The molecule has 3 nitrogen and oxygen atoms in total. The van der Waals surface area contributed by atoms with Gasteiger partial charge in [-0.25, -0.2) is 0 Å². The number of amides is 1. The van der Waals surface area contributed by atoms with Crippen LogP contribution in [0, 0.1) is 0 Å². The second-order valence-corrected chi connectivity index (χ2v) is 3.22. The molecule has 13 heavy (non-hydrogen) atoms. The molecule has 72 valence electrons. The Morgan fingerprint density at radius 2 is 2.31 bits per heavy atom. The molecule has 0 saturated carbocycles. The van der Waals surface area contributed by atoms with Gasteiger partial charge in [0.25, 0.3) is 0 Å². The van der Waals surface area contributed by atoms with Crippen LogP contribution in [0.15, 0.2) is 24.3 Å². The summed E-state index contributed by atoms with van der Waals surface area (Å²) in [5, 5.41) is 0. The van der Waals surface area contributed by atoms with Crippen LogP contribution in [0.25, 0.3) is 0 Å². The van der Waals surface area contributed by atoms with Gasteiger partial charge in [0.05, 0.1) is 0 Å². The molecule has 3 heteroatoms. The molecule has 1 aliphatic rings. The molecule has 0 aromatic rings. The van der Waals surface area contributed by atoms with Gasteiger partial charge in [-0.15, -0.1) is 0 Å². The van der Waals surface area contributed by atoms with Gasteiger partial charge < -0.3 is 10.6 Å². The number of hydrogen-bond donors (Lipinski definition) is 1. The van der Waals surface area contributed by atoms with Gasteiger partial charge in [0, 0.05) is 25.2 Å². The van der Waals surface area contributed by atoms with E-state index in [1.54, 1.807) is 17.1 Å². The van der Waals surface area contributed by atoms with Crippen molar-refractivity contribution in [2.45, 2.75) is 19.4 Å². The summed E-state index contributed by atoms with van der Waals surface area (Å²) in [6.45, 7) is 3.40. The minimum absolute atomic E-state index is 0.0612. The highest BCUT2D eigenvalue weighted by molar-refractivity contribution is 5.88. The predicted molar refractivity (Wildman–Crippen MR) is 53.1 cm³/mol. The lowest BCUT2D eigenvalue weighted by Gasteiger charge is -2.12. The standard InChI is InChI=1S/C10H16N2O/c1-2-3-4-5-10(13)12-7-6-9(11)8-12/h2-5,9H,6-8,11H2,1H3/b3-2+,5-4?/t9-/m1/s1. The number of allylic oxidation sites excluding steroid dienone is 3. The van der Waals surface area contributed by atoms with Crippen molar-refractivity contribution in [3.63, 3.8) is 0 Å². The number of nitrogens with zero attached hydrogens (tertiary/aromatic N) is 1. The molecule has 0 aliphatic carbocycles. The molecule has 0 spiro atoms. The van der Waals surface area contributed by atoms with Crippen LogP contribution in [-0.4, -0.2) is 29.9 Å². The van der Waals surface area contributed by atoms with Crippen molar-refractivity contribution in [3.05, 3.63) is 24.3 Å². The average Bonchev–Trinajstić information content (AvgIpc) is 2.52. The molecule has 1 heterocycles. The average molecular weight is 180 g/mol. The molecule has 1 fully saturated rings. The molecule has 1 aliphatic heterocycles. The third kappa shape index (κ3) is 3.03. The summed E-state index contributed by atoms with van der Waals surface area (Å²) in [5.74, 6) is 0.0612. The summed E-state index contributed by atoms with van der Waals surface area (Å²) in [6, 6.07) is 0.166. The Morgan fingerprint density at radius 3 is 2.85 bits per heavy atom. The predicted octanol–water partition coefficient (Wildman–Crippen LogP) is 0.678. The normalized spacial score (nSPS) is 23.5. The number of carbonyl (C=O) groups excluding carboxylic acids is 1. The van der Waals surface area contributed by atoms with Crippen LogP contribution >= 0.6 is 0 Å². The zero-order valence-corrected chi connectivity index (χ0v) is 7.94. The van der Waals surface area contributed by atoms with Crippen molar-refractivity contribution >= 4 is 5.91 Å². The monoisotopic (exact) mass is 180 g/mol. The lowest BCUT2D eigenvalue weighted by molar-refractivity contribution is -0.125. The smallest absolute Gasteiger partial charge is 0.246 e. The fourth-order valence-corrected chi connectivity index (χ4v) is 1.34. The molecule has 0 radical (unpaired) electrons. The largest absolute Gasteiger partial charge is 0.338 e. The van der Waals surface area contributed by atoms with Crippen LogP contribution in [0.2, 0.25) is 0 Å². The first-order chi connectivity index (χ1) is 6.24. The Labute approximate surface area is 78.9 Å². The molecule has 0 aromatic carbocycles. The molecule has 0 aromatic heterocycles. The third-order valence-corrected chi connectivity index (χ3v) is 2.08. The van der Waals surface area contributed by atoms with E-state index < -0.39 is 0 Å². The lowest BCUT2D eigenvalue weighted by Crippen LogP contribution is -2.30. The van der Waals surface area contributed by atoms with Crippen molar-refractivity contribution in [2.75, 3.05) is 13.1 Å². The van der Waals surface area contributed by atoms with E-state index >= 15 is 0 Å². The number of likely N-dealkylation sites (tertiary alicyclic amines) is 1. The highest BCUT2D eigenvalue weighted by Gasteiger charge is 2.21. The molecule has 1 atom stereocenters. The van der Waals surface area contributed by atoms with Crippen LogP contribution in [-0.2, 0) is 4.79 Å². The van der Waals surface area contributed by atoms with Gasteiger partial charge in [-0.05, 0) is 13.3 Å². The Kier molecular flexibility index (Phi) is 3.71. The van der Waals surface area contributed by atoms with Gasteiger partial charge in [0.1, 0.15) is 0 Å². The van der Waals surface area contributed by atoms with E-state index in [9.17, 15) is 4.79 Å². The van der Waals surface area contributed by atoms with Crippen molar-refractivity contribution in [1.29, 1.82) is 0 Å². The van der Waals surface area contributed by atoms with Crippen molar-refractivity contribution in [2.24, 2.45) is 5.73 Å². The summed E-state index contributed by atoms with van der Waals surface area (Å²) in [5.41, 5.74) is 5.69. The number of carbonyl (C=O) groups is 1. The molecule has 1 amide bonds. The van der Waals surface area contributed by atoms with Crippen molar-refractivity contribution in [3.8, 4) is 0 Å². The number of hydrogen-bond acceptors (Lipinski definition) is 2.